The molecule has 0 saturated heterocycles. The van der Waals surface area contributed by atoms with Gasteiger partial charge in [-0.05, 0) is 61.1 Å². The summed E-state index contributed by atoms with van der Waals surface area (Å²) in [5, 5.41) is 5.63. The third-order valence-corrected chi connectivity index (χ3v) is 4.15. The summed E-state index contributed by atoms with van der Waals surface area (Å²) >= 11 is 8.50. The summed E-state index contributed by atoms with van der Waals surface area (Å²) in [7, 11) is 0. The minimum Gasteiger partial charge on any atom is -0.366 e. The van der Waals surface area contributed by atoms with Gasteiger partial charge in [-0.2, -0.15) is 0 Å². The van der Waals surface area contributed by atoms with Crippen LogP contribution in [-0.4, -0.2) is 16.9 Å². The second-order valence-corrected chi connectivity index (χ2v) is 6.08. The summed E-state index contributed by atoms with van der Waals surface area (Å²) in [5.74, 6) is -0.811. The fourth-order valence-electron chi connectivity index (χ4n) is 1.79. The number of halogens is 2. The Labute approximate surface area is 159 Å². The zero-order valence-corrected chi connectivity index (χ0v) is 15.8. The largest absolute Gasteiger partial charge is 0.366 e. The first-order chi connectivity index (χ1) is 10.9. The second-order valence-electron chi connectivity index (χ2n) is 4.81. The number of rotatable bonds is 3. The van der Waals surface area contributed by atoms with Gasteiger partial charge in [-0.3, -0.25) is 14.9 Å². The van der Waals surface area contributed by atoms with Crippen LogP contribution in [-0.2, 0) is 0 Å². The molecule has 0 atom stereocenters. The first kappa shape index (κ1) is 20.1. The molecular weight excluding hydrogens is 414 g/mol. The number of anilines is 1. The van der Waals surface area contributed by atoms with Crippen molar-refractivity contribution < 1.29 is 9.59 Å². The molecule has 2 aromatic carbocycles. The molecule has 2 aromatic rings. The highest BCUT2D eigenvalue weighted by atomic mass is 79.9. The molecule has 0 spiro atoms. The summed E-state index contributed by atoms with van der Waals surface area (Å²) in [6.07, 6.45) is 0. The topological polar surface area (TPSA) is 84.2 Å². The number of nitrogens with two attached hydrogens (primary N) is 1. The molecule has 0 radical (unpaired) electrons. The number of benzene rings is 2. The van der Waals surface area contributed by atoms with Crippen molar-refractivity contribution in [2.45, 2.75) is 6.92 Å². The standard InChI is InChI=1S/C16H14BrN3O2S.ClH/c1-9-2-3-11(8-13(9)17)15(22)20-16(23)19-12-6-4-10(5-7-12)14(18)21;/h2-8H,1H3,(H2,18,21)(H2,19,20,22,23);1H. The van der Waals surface area contributed by atoms with Crippen molar-refractivity contribution in [3.8, 4) is 0 Å². The number of nitrogens with one attached hydrogen (secondary N) is 2. The van der Waals surface area contributed by atoms with Gasteiger partial charge in [0.05, 0.1) is 0 Å². The molecule has 2 amide bonds. The third-order valence-electron chi connectivity index (χ3n) is 3.09. The minimum absolute atomic E-state index is 0. The molecule has 4 N–H and O–H groups in total. The molecule has 0 aliphatic rings. The van der Waals surface area contributed by atoms with Crippen molar-refractivity contribution in [2.24, 2.45) is 5.73 Å². The van der Waals surface area contributed by atoms with E-state index >= 15 is 0 Å². The Morgan fingerprint density at radius 2 is 1.67 bits per heavy atom. The number of carbonyl (C=O) groups excluding carboxylic acids is 2. The fourth-order valence-corrected chi connectivity index (χ4v) is 2.38. The molecule has 0 fully saturated rings. The van der Waals surface area contributed by atoms with Crippen molar-refractivity contribution in [3.05, 3.63) is 63.6 Å². The van der Waals surface area contributed by atoms with E-state index in [4.69, 9.17) is 18.0 Å². The van der Waals surface area contributed by atoms with Crippen molar-refractivity contribution >= 4 is 63.2 Å². The highest BCUT2D eigenvalue weighted by Gasteiger charge is 2.09. The number of amides is 2. The Kier molecular flexibility index (Phi) is 7.34. The molecular formula is C16H15BrClN3O2S. The second kappa shape index (κ2) is 8.77. The van der Waals surface area contributed by atoms with Gasteiger partial charge in [0.1, 0.15) is 0 Å². The van der Waals surface area contributed by atoms with Crippen LogP contribution in [0.1, 0.15) is 26.3 Å². The van der Waals surface area contributed by atoms with Crippen LogP contribution in [0.4, 0.5) is 5.69 Å². The molecule has 0 aliphatic carbocycles. The van der Waals surface area contributed by atoms with Crippen LogP contribution in [0.15, 0.2) is 46.9 Å². The van der Waals surface area contributed by atoms with Gasteiger partial charge in [0.15, 0.2) is 5.11 Å². The molecule has 5 nitrogen and oxygen atoms in total. The number of thiocarbonyl (C=S) groups is 1. The van der Waals surface area contributed by atoms with Crippen LogP contribution in [0.2, 0.25) is 0 Å². The predicted octanol–water partition coefficient (Wildman–Crippen LogP) is 3.41. The van der Waals surface area contributed by atoms with Crippen molar-refractivity contribution in [1.29, 1.82) is 0 Å². The molecule has 0 aromatic heterocycles. The van der Waals surface area contributed by atoms with Gasteiger partial charge in [-0.15, -0.1) is 12.4 Å². The first-order valence-corrected chi connectivity index (χ1v) is 7.85. The fraction of sp³-hybridized carbons (Fsp3) is 0.0625. The van der Waals surface area contributed by atoms with E-state index in [1.807, 2.05) is 13.0 Å². The lowest BCUT2D eigenvalue weighted by molar-refractivity contribution is 0.0975. The van der Waals surface area contributed by atoms with E-state index in [-0.39, 0.29) is 23.4 Å². The van der Waals surface area contributed by atoms with E-state index in [0.29, 0.717) is 16.8 Å². The molecule has 0 saturated carbocycles. The average molecular weight is 429 g/mol. The normalized spacial score (nSPS) is 9.58. The number of hydrogen-bond acceptors (Lipinski definition) is 3. The Morgan fingerprint density at radius 3 is 2.21 bits per heavy atom. The van der Waals surface area contributed by atoms with Crippen LogP contribution in [0.25, 0.3) is 0 Å². The Hall–Kier alpha value is -1.96. The summed E-state index contributed by atoms with van der Waals surface area (Å²) < 4.78 is 0.853. The third kappa shape index (κ3) is 5.30. The summed E-state index contributed by atoms with van der Waals surface area (Å²) in [5.41, 5.74) is 7.75. The Morgan fingerprint density at radius 1 is 1.08 bits per heavy atom. The summed E-state index contributed by atoms with van der Waals surface area (Å²) in [6.45, 7) is 1.94. The van der Waals surface area contributed by atoms with E-state index in [0.717, 1.165) is 10.0 Å². The molecule has 0 unspecified atom stereocenters. The van der Waals surface area contributed by atoms with Gasteiger partial charge >= 0.3 is 0 Å². The molecule has 126 valence electrons. The lowest BCUT2D eigenvalue weighted by Gasteiger charge is -2.10. The maximum absolute atomic E-state index is 12.1. The highest BCUT2D eigenvalue weighted by Crippen LogP contribution is 2.17. The summed E-state index contributed by atoms with van der Waals surface area (Å²) in [4.78, 5) is 23.1. The lowest BCUT2D eigenvalue weighted by Crippen LogP contribution is -2.34. The summed E-state index contributed by atoms with van der Waals surface area (Å²) in [6, 6.07) is 11.8. The van der Waals surface area contributed by atoms with E-state index < -0.39 is 5.91 Å². The molecule has 0 bridgehead atoms. The quantitative estimate of drug-likeness (QED) is 0.654. The van der Waals surface area contributed by atoms with Gasteiger partial charge in [0, 0.05) is 21.3 Å². The lowest BCUT2D eigenvalue weighted by atomic mass is 10.1. The number of carbonyl (C=O) groups is 2. The number of primary amides is 1. The number of hydrogen-bond donors (Lipinski definition) is 3. The van der Waals surface area contributed by atoms with Crippen LogP contribution >= 0.6 is 40.6 Å². The van der Waals surface area contributed by atoms with E-state index in [1.165, 1.54) is 0 Å². The maximum Gasteiger partial charge on any atom is 0.257 e. The van der Waals surface area contributed by atoms with Crippen LogP contribution in [0, 0.1) is 6.92 Å². The molecule has 0 heterocycles. The monoisotopic (exact) mass is 427 g/mol. The Balaban J connectivity index is 0.00000288. The van der Waals surface area contributed by atoms with Crippen LogP contribution in [0.3, 0.4) is 0 Å². The van der Waals surface area contributed by atoms with Gasteiger partial charge in [0.2, 0.25) is 5.91 Å². The Bertz CT molecular complexity index is 781. The van der Waals surface area contributed by atoms with Gasteiger partial charge in [-0.1, -0.05) is 22.0 Å². The van der Waals surface area contributed by atoms with Crippen molar-refractivity contribution in [2.75, 3.05) is 5.32 Å². The van der Waals surface area contributed by atoms with Crippen molar-refractivity contribution in [1.82, 2.24) is 5.32 Å². The van der Waals surface area contributed by atoms with Crippen LogP contribution < -0.4 is 16.4 Å². The molecule has 2 rings (SSSR count). The SMILES string of the molecule is Cc1ccc(C(=O)NC(=S)Nc2ccc(C(N)=O)cc2)cc1Br.Cl. The van der Waals surface area contributed by atoms with E-state index in [9.17, 15) is 9.59 Å². The predicted molar refractivity (Wildman–Crippen MR) is 105 cm³/mol. The minimum atomic E-state index is -0.502. The van der Waals surface area contributed by atoms with Gasteiger partial charge in [-0.25, -0.2) is 0 Å². The maximum atomic E-state index is 12.1. The van der Waals surface area contributed by atoms with Crippen molar-refractivity contribution in [3.63, 3.8) is 0 Å². The smallest absolute Gasteiger partial charge is 0.257 e. The molecule has 0 aliphatic heterocycles. The average Bonchev–Trinajstić information content (AvgIpc) is 2.50. The van der Waals surface area contributed by atoms with Gasteiger partial charge < -0.3 is 11.1 Å². The zero-order chi connectivity index (χ0) is 17.0. The molecule has 8 heteroatoms. The first-order valence-electron chi connectivity index (χ1n) is 6.65. The van der Waals surface area contributed by atoms with E-state index in [2.05, 4.69) is 26.6 Å². The van der Waals surface area contributed by atoms with Crippen LogP contribution in [0.5, 0.6) is 0 Å². The molecule has 24 heavy (non-hydrogen) atoms. The number of aryl methyl sites for hydroxylation is 1. The van der Waals surface area contributed by atoms with Gasteiger partial charge in [0.25, 0.3) is 5.91 Å². The zero-order valence-electron chi connectivity index (χ0n) is 12.6. The highest BCUT2D eigenvalue weighted by molar-refractivity contribution is 9.10. The van der Waals surface area contributed by atoms with E-state index in [1.54, 1.807) is 36.4 Å².